The maximum atomic E-state index is 13.9. The highest BCUT2D eigenvalue weighted by Gasteiger charge is 2.52. The monoisotopic (exact) mass is 399 g/mol. The maximum Gasteiger partial charge on any atom is 0.148 e. The van der Waals surface area contributed by atoms with Gasteiger partial charge < -0.3 is 0 Å². The van der Waals surface area contributed by atoms with Gasteiger partial charge in [-0.25, -0.2) is 4.39 Å². The van der Waals surface area contributed by atoms with Gasteiger partial charge in [0.25, 0.3) is 0 Å². The van der Waals surface area contributed by atoms with E-state index in [2.05, 4.69) is 34.8 Å². The highest BCUT2D eigenvalue weighted by Crippen LogP contribution is 2.60. The molecule has 152 valence electrons. The molecule has 1 heterocycles. The van der Waals surface area contributed by atoms with Crippen LogP contribution in [-0.2, 0) is 5.41 Å². The number of nitrogens with one attached hydrogen (secondary N) is 1. The van der Waals surface area contributed by atoms with E-state index in [9.17, 15) is 4.39 Å². The number of para-hydroxylation sites is 2. The Bertz CT molecular complexity index is 1100. The van der Waals surface area contributed by atoms with E-state index >= 15 is 0 Å². The summed E-state index contributed by atoms with van der Waals surface area (Å²) in [4.78, 5) is 5.16. The van der Waals surface area contributed by atoms with Crippen molar-refractivity contribution in [2.45, 2.75) is 43.9 Å². The molecule has 4 saturated carbocycles. The standard InChI is InChI=1S/C26H26FN3/c27-22-6-2-4-8-24(22)30-28-16-20-12-25(29-23-7-3-1-5-21(20)23)26-13-17-9-18(14-26)11-19(10-17)15-26/h1-8,12,16-19,30H,9-11,13-15H2/b28-16+. The summed E-state index contributed by atoms with van der Waals surface area (Å²) < 4.78 is 13.9. The SMILES string of the molecule is Fc1ccccc1N/N=C/c1cc(C23CC4CC(CC(C4)C2)C3)nc2ccccc12. The molecule has 0 aliphatic heterocycles. The first kappa shape index (κ1) is 18.1. The van der Waals surface area contributed by atoms with Gasteiger partial charge in [-0.05, 0) is 80.5 Å². The lowest BCUT2D eigenvalue weighted by Crippen LogP contribution is -2.49. The third kappa shape index (κ3) is 3.01. The molecule has 3 aromatic rings. The predicted octanol–water partition coefficient (Wildman–Crippen LogP) is 6.29. The average Bonchev–Trinajstić information content (AvgIpc) is 2.74. The van der Waals surface area contributed by atoms with Crippen LogP contribution in [0, 0.1) is 23.6 Å². The van der Waals surface area contributed by atoms with Crippen molar-refractivity contribution in [3.05, 3.63) is 71.7 Å². The van der Waals surface area contributed by atoms with Crippen LogP contribution >= 0.6 is 0 Å². The van der Waals surface area contributed by atoms with Crippen molar-refractivity contribution in [3.8, 4) is 0 Å². The number of anilines is 1. The molecule has 1 aromatic heterocycles. The second-order valence-electron chi connectivity index (χ2n) is 9.66. The van der Waals surface area contributed by atoms with Gasteiger partial charge in [-0.3, -0.25) is 10.4 Å². The minimum atomic E-state index is -0.302. The quantitative estimate of drug-likeness (QED) is 0.414. The molecular formula is C26H26FN3. The number of aromatic nitrogens is 1. The Morgan fingerprint density at radius 3 is 2.33 bits per heavy atom. The minimum Gasteiger partial charge on any atom is -0.276 e. The first-order valence-corrected chi connectivity index (χ1v) is 11.1. The number of hydrogen-bond acceptors (Lipinski definition) is 3. The second kappa shape index (κ2) is 6.90. The molecular weight excluding hydrogens is 373 g/mol. The van der Waals surface area contributed by atoms with Crippen molar-refractivity contribution in [3.63, 3.8) is 0 Å². The van der Waals surface area contributed by atoms with E-state index in [1.807, 2.05) is 12.3 Å². The largest absolute Gasteiger partial charge is 0.276 e. The van der Waals surface area contributed by atoms with E-state index in [4.69, 9.17) is 4.98 Å². The van der Waals surface area contributed by atoms with Gasteiger partial charge in [0.05, 0.1) is 17.4 Å². The lowest BCUT2D eigenvalue weighted by molar-refractivity contribution is -0.00706. The van der Waals surface area contributed by atoms with E-state index < -0.39 is 0 Å². The summed E-state index contributed by atoms with van der Waals surface area (Å²) in [6, 6.07) is 17.1. The Kier molecular flexibility index (Phi) is 4.15. The Labute approximate surface area is 176 Å². The molecule has 1 N–H and O–H groups in total. The van der Waals surface area contributed by atoms with Crippen LogP contribution in [0.3, 0.4) is 0 Å². The number of fused-ring (bicyclic) bond motifs is 1. The fourth-order valence-corrected chi connectivity index (χ4v) is 6.73. The number of nitrogens with zero attached hydrogens (tertiary/aromatic N) is 2. The molecule has 4 heteroatoms. The van der Waals surface area contributed by atoms with Crippen molar-refractivity contribution in [1.82, 2.24) is 4.98 Å². The van der Waals surface area contributed by atoms with Crippen LogP contribution in [0.5, 0.6) is 0 Å². The topological polar surface area (TPSA) is 37.3 Å². The summed E-state index contributed by atoms with van der Waals surface area (Å²) in [5.41, 5.74) is 6.79. The predicted molar refractivity (Wildman–Crippen MR) is 119 cm³/mol. The fourth-order valence-electron chi connectivity index (χ4n) is 6.73. The Morgan fingerprint density at radius 1 is 0.933 bits per heavy atom. The molecule has 4 bridgehead atoms. The van der Waals surface area contributed by atoms with Crippen LogP contribution in [-0.4, -0.2) is 11.2 Å². The van der Waals surface area contributed by atoms with Crippen molar-refractivity contribution in [2.75, 3.05) is 5.43 Å². The molecule has 4 aliphatic carbocycles. The Morgan fingerprint density at radius 2 is 1.60 bits per heavy atom. The smallest absolute Gasteiger partial charge is 0.148 e. The molecule has 0 unspecified atom stereocenters. The number of rotatable bonds is 4. The van der Waals surface area contributed by atoms with E-state index in [1.54, 1.807) is 18.2 Å². The molecule has 0 amide bonds. The summed E-state index contributed by atoms with van der Waals surface area (Å²) in [5, 5.41) is 5.46. The van der Waals surface area contributed by atoms with Gasteiger partial charge in [-0.15, -0.1) is 0 Å². The first-order valence-electron chi connectivity index (χ1n) is 11.1. The van der Waals surface area contributed by atoms with E-state index in [1.165, 1.54) is 50.3 Å². The first-order chi connectivity index (χ1) is 14.7. The van der Waals surface area contributed by atoms with Crippen molar-refractivity contribution < 1.29 is 4.39 Å². The summed E-state index contributed by atoms with van der Waals surface area (Å²) in [6.45, 7) is 0. The third-order valence-corrected chi connectivity index (χ3v) is 7.59. The molecule has 7 rings (SSSR count). The average molecular weight is 400 g/mol. The highest BCUT2D eigenvalue weighted by atomic mass is 19.1. The normalized spacial score (nSPS) is 29.7. The van der Waals surface area contributed by atoms with Gasteiger partial charge in [0.2, 0.25) is 0 Å². The number of halogens is 1. The van der Waals surface area contributed by atoms with E-state index in [0.717, 1.165) is 34.2 Å². The molecule has 4 fully saturated rings. The number of pyridine rings is 1. The van der Waals surface area contributed by atoms with Gasteiger partial charge in [0.1, 0.15) is 5.82 Å². The third-order valence-electron chi connectivity index (χ3n) is 7.59. The zero-order chi connectivity index (χ0) is 20.1. The summed E-state index contributed by atoms with van der Waals surface area (Å²) >= 11 is 0. The summed E-state index contributed by atoms with van der Waals surface area (Å²) in [7, 11) is 0. The van der Waals surface area contributed by atoms with Crippen molar-refractivity contribution in [1.29, 1.82) is 0 Å². The van der Waals surface area contributed by atoms with Gasteiger partial charge in [0.15, 0.2) is 0 Å². The molecule has 3 nitrogen and oxygen atoms in total. The summed E-state index contributed by atoms with van der Waals surface area (Å²) in [5.74, 6) is 2.33. The van der Waals surface area contributed by atoms with E-state index in [-0.39, 0.29) is 11.2 Å². The zero-order valence-electron chi connectivity index (χ0n) is 17.0. The van der Waals surface area contributed by atoms with Crippen molar-refractivity contribution >= 4 is 22.8 Å². The number of benzene rings is 2. The van der Waals surface area contributed by atoms with Crippen LogP contribution in [0.15, 0.2) is 59.7 Å². The van der Waals surface area contributed by atoms with E-state index in [0.29, 0.717) is 5.69 Å². The van der Waals surface area contributed by atoms with Crippen LogP contribution in [0.1, 0.15) is 49.8 Å². The van der Waals surface area contributed by atoms with Crippen LogP contribution in [0.2, 0.25) is 0 Å². The lowest BCUT2D eigenvalue weighted by Gasteiger charge is -2.56. The maximum absolute atomic E-state index is 13.9. The van der Waals surface area contributed by atoms with Gasteiger partial charge in [0, 0.05) is 22.1 Å². The van der Waals surface area contributed by atoms with Gasteiger partial charge in [-0.1, -0.05) is 30.3 Å². The molecule has 30 heavy (non-hydrogen) atoms. The molecule has 0 radical (unpaired) electrons. The number of hydrogen-bond donors (Lipinski definition) is 1. The Balaban J connectivity index is 1.39. The molecule has 0 spiro atoms. The highest BCUT2D eigenvalue weighted by molar-refractivity contribution is 5.98. The zero-order valence-corrected chi connectivity index (χ0v) is 17.0. The number of hydrazone groups is 1. The molecule has 4 aliphatic rings. The van der Waals surface area contributed by atoms with Crippen LogP contribution in [0.25, 0.3) is 10.9 Å². The van der Waals surface area contributed by atoms with Crippen LogP contribution < -0.4 is 5.43 Å². The molecule has 0 atom stereocenters. The minimum absolute atomic E-state index is 0.236. The van der Waals surface area contributed by atoms with Gasteiger partial charge >= 0.3 is 0 Å². The van der Waals surface area contributed by atoms with Crippen LogP contribution in [0.4, 0.5) is 10.1 Å². The van der Waals surface area contributed by atoms with Crippen molar-refractivity contribution in [2.24, 2.45) is 22.9 Å². The Hall–Kier alpha value is -2.75. The molecule has 2 aromatic carbocycles. The van der Waals surface area contributed by atoms with Gasteiger partial charge in [-0.2, -0.15) is 5.10 Å². The summed E-state index contributed by atoms with van der Waals surface area (Å²) in [6.07, 6.45) is 9.95. The second-order valence-corrected chi connectivity index (χ2v) is 9.66. The lowest BCUT2D eigenvalue weighted by atomic mass is 9.48. The molecule has 0 saturated heterocycles. The fraction of sp³-hybridized carbons (Fsp3) is 0.385.